The molecule has 2 aromatic carbocycles. The van der Waals surface area contributed by atoms with Gasteiger partial charge in [-0.1, -0.05) is 36.4 Å². The minimum Gasteiger partial charge on any atom is -0.479 e. The van der Waals surface area contributed by atoms with E-state index in [1.807, 2.05) is 0 Å². The molecule has 4 atom stereocenters. The molecule has 4 rings (SSSR count). The van der Waals surface area contributed by atoms with Gasteiger partial charge in [0, 0.05) is 24.9 Å². The molecular weight excluding hydrogens is 488 g/mol. The second kappa shape index (κ2) is 10.3. The van der Waals surface area contributed by atoms with Crippen LogP contribution in [0.25, 0.3) is 0 Å². The van der Waals surface area contributed by atoms with Crippen molar-refractivity contribution in [3.8, 4) is 0 Å². The summed E-state index contributed by atoms with van der Waals surface area (Å²) in [6.45, 7) is -1.15. The topological polar surface area (TPSA) is 163 Å². The number of hydrogen-bond acceptors (Lipinski definition) is 9. The van der Waals surface area contributed by atoms with E-state index < -0.39 is 59.7 Å². The van der Waals surface area contributed by atoms with Crippen LogP contribution in [0.3, 0.4) is 0 Å². The molecule has 2 heterocycles. The second-order valence-corrected chi connectivity index (χ2v) is 8.10. The third-order valence-corrected chi connectivity index (χ3v) is 5.99. The lowest BCUT2D eigenvalue weighted by atomic mass is 9.95. The first kappa shape index (κ1) is 25.7. The fourth-order valence-corrected chi connectivity index (χ4v) is 4.09. The van der Waals surface area contributed by atoms with E-state index in [9.17, 15) is 34.2 Å². The monoisotopic (exact) mass is 510 g/mol. The quantitative estimate of drug-likeness (QED) is 0.422. The van der Waals surface area contributed by atoms with Crippen LogP contribution in [0.5, 0.6) is 0 Å². The lowest BCUT2D eigenvalue weighted by Crippen LogP contribution is -2.54. The van der Waals surface area contributed by atoms with E-state index in [-0.39, 0.29) is 11.1 Å². The molecule has 192 valence electrons. The lowest BCUT2D eigenvalue weighted by molar-refractivity contribution is -0.184. The molecule has 0 amide bonds. The smallest absolute Gasteiger partial charge is 0.342 e. The fourth-order valence-electron chi connectivity index (χ4n) is 4.09. The minimum absolute atomic E-state index is 0.0555. The van der Waals surface area contributed by atoms with Crippen molar-refractivity contribution in [1.29, 1.82) is 0 Å². The summed E-state index contributed by atoms with van der Waals surface area (Å²) < 4.78 is 17.6. The average molecular weight is 510 g/mol. The Morgan fingerprint density at radius 3 is 2.11 bits per heavy atom. The van der Waals surface area contributed by atoms with E-state index in [1.165, 1.54) is 24.3 Å². The number of hydrogen-bond donors (Lipinski definition) is 2. The molecule has 1 aromatic heterocycles. The second-order valence-electron chi connectivity index (χ2n) is 8.10. The van der Waals surface area contributed by atoms with Crippen molar-refractivity contribution in [3.63, 3.8) is 0 Å². The maximum atomic E-state index is 13.3. The van der Waals surface area contributed by atoms with Gasteiger partial charge in [0.1, 0.15) is 6.10 Å². The van der Waals surface area contributed by atoms with Crippen LogP contribution < -0.4 is 11.2 Å². The highest BCUT2D eigenvalue weighted by atomic mass is 16.7. The fraction of sp³-hybridized carbons (Fsp3) is 0.240. The number of aliphatic hydroxyl groups is 1. The van der Waals surface area contributed by atoms with Gasteiger partial charge >= 0.3 is 17.6 Å². The predicted octanol–water partition coefficient (Wildman–Crippen LogP) is 0.284. The molecule has 1 saturated heterocycles. The first-order valence-electron chi connectivity index (χ1n) is 11.0. The summed E-state index contributed by atoms with van der Waals surface area (Å²) in [7, 11) is 1.16. The van der Waals surface area contributed by atoms with Gasteiger partial charge in [-0.3, -0.25) is 14.2 Å². The van der Waals surface area contributed by atoms with Gasteiger partial charge in [-0.25, -0.2) is 14.4 Å². The van der Waals surface area contributed by atoms with Gasteiger partial charge in [-0.15, -0.1) is 0 Å². The van der Waals surface area contributed by atoms with Crippen LogP contribution in [-0.4, -0.2) is 68.7 Å². The molecule has 12 nitrogen and oxygen atoms in total. The SMILES string of the molecule is CO[C@H]1[C@H](n2ccc(=O)n(C(=O)c3ccccc3)c2=O)O[C@@](CO)(C(=O)O)[C@H]1OC(=O)c1ccccc1. The zero-order valence-electron chi connectivity index (χ0n) is 19.4. The number of esters is 1. The van der Waals surface area contributed by atoms with Crippen molar-refractivity contribution in [2.45, 2.75) is 24.0 Å². The highest BCUT2D eigenvalue weighted by Crippen LogP contribution is 2.40. The number of carbonyl (C=O) groups excluding carboxylic acids is 2. The Morgan fingerprint density at radius 1 is 0.973 bits per heavy atom. The molecule has 12 heteroatoms. The molecule has 3 aromatic rings. The van der Waals surface area contributed by atoms with Crippen LogP contribution >= 0.6 is 0 Å². The summed E-state index contributed by atoms with van der Waals surface area (Å²) >= 11 is 0. The molecule has 2 N–H and O–H groups in total. The Kier molecular flexibility index (Phi) is 7.16. The molecule has 0 saturated carbocycles. The third-order valence-electron chi connectivity index (χ3n) is 5.99. The predicted molar refractivity (Wildman–Crippen MR) is 125 cm³/mol. The zero-order chi connectivity index (χ0) is 26.7. The molecule has 1 fully saturated rings. The Labute approximate surface area is 208 Å². The molecule has 0 unspecified atom stereocenters. The number of carboxylic acid groups (broad SMARTS) is 1. The number of aromatic nitrogens is 2. The standard InChI is InChI=1S/C25H22N2O10/c1-35-18-19(36-22(31)16-10-6-3-7-11-16)25(14-28,23(32)33)37-21(18)26-13-12-17(29)27(24(26)34)20(30)15-8-4-2-5-9-15/h2-13,18-19,21,28H,14H2,1H3,(H,32,33)/t18-,19+,21-,25-/m1/s1. The largest absolute Gasteiger partial charge is 0.479 e. The van der Waals surface area contributed by atoms with Gasteiger partial charge in [0.15, 0.2) is 12.3 Å². The van der Waals surface area contributed by atoms with Gasteiger partial charge < -0.3 is 24.4 Å². The van der Waals surface area contributed by atoms with Crippen LogP contribution in [0, 0.1) is 0 Å². The van der Waals surface area contributed by atoms with E-state index in [1.54, 1.807) is 36.4 Å². The Balaban J connectivity index is 1.80. The molecule has 1 aliphatic rings. The maximum absolute atomic E-state index is 13.3. The van der Waals surface area contributed by atoms with Crippen LogP contribution in [0.4, 0.5) is 0 Å². The first-order valence-corrected chi connectivity index (χ1v) is 11.0. The van der Waals surface area contributed by atoms with Gasteiger partial charge in [-0.05, 0) is 24.3 Å². The summed E-state index contributed by atoms with van der Waals surface area (Å²) in [5.41, 5.74) is -4.46. The minimum atomic E-state index is -2.53. The normalized spacial score (nSPS) is 22.9. The Morgan fingerprint density at radius 2 is 1.57 bits per heavy atom. The van der Waals surface area contributed by atoms with Crippen molar-refractivity contribution in [3.05, 3.63) is 105 Å². The lowest BCUT2D eigenvalue weighted by Gasteiger charge is -2.28. The van der Waals surface area contributed by atoms with Gasteiger partial charge in [-0.2, -0.15) is 4.57 Å². The molecular formula is C25H22N2O10. The number of ether oxygens (including phenoxy) is 3. The number of carboxylic acids is 1. The highest BCUT2D eigenvalue weighted by molar-refractivity contribution is 5.95. The molecule has 0 bridgehead atoms. The first-order chi connectivity index (χ1) is 17.7. The number of carbonyl (C=O) groups is 3. The summed E-state index contributed by atoms with van der Waals surface area (Å²) in [4.78, 5) is 63.8. The molecule has 0 aliphatic carbocycles. The highest BCUT2D eigenvalue weighted by Gasteiger charge is 2.63. The summed E-state index contributed by atoms with van der Waals surface area (Å²) in [6, 6.07) is 16.2. The number of aliphatic hydroxyl groups excluding tert-OH is 1. The summed E-state index contributed by atoms with van der Waals surface area (Å²) in [6.07, 6.45) is -3.77. The van der Waals surface area contributed by atoms with Crippen molar-refractivity contribution < 1.29 is 38.8 Å². The number of nitrogens with zero attached hydrogens (tertiary/aromatic N) is 2. The molecule has 1 aliphatic heterocycles. The van der Waals surface area contributed by atoms with Gasteiger partial charge in [0.05, 0.1) is 12.2 Å². The van der Waals surface area contributed by atoms with E-state index in [4.69, 9.17) is 14.2 Å². The Bertz CT molecular complexity index is 1430. The number of benzene rings is 2. The number of methoxy groups -OCH3 is 1. The van der Waals surface area contributed by atoms with E-state index >= 15 is 0 Å². The number of aliphatic carboxylic acids is 1. The zero-order valence-corrected chi connectivity index (χ0v) is 19.4. The molecule has 37 heavy (non-hydrogen) atoms. The average Bonchev–Trinajstić information content (AvgIpc) is 3.23. The van der Waals surface area contributed by atoms with E-state index in [2.05, 4.69) is 0 Å². The van der Waals surface area contributed by atoms with E-state index in [0.29, 0.717) is 4.57 Å². The van der Waals surface area contributed by atoms with Crippen LogP contribution in [0.2, 0.25) is 0 Å². The Hall–Kier alpha value is -4.39. The van der Waals surface area contributed by atoms with Crippen molar-refractivity contribution >= 4 is 17.8 Å². The van der Waals surface area contributed by atoms with Gasteiger partial charge in [0.25, 0.3) is 11.5 Å². The van der Waals surface area contributed by atoms with Crippen molar-refractivity contribution in [2.75, 3.05) is 13.7 Å². The number of rotatable bonds is 7. The third kappa shape index (κ3) is 4.48. The van der Waals surface area contributed by atoms with E-state index in [0.717, 1.165) is 23.9 Å². The van der Waals surface area contributed by atoms with Crippen LogP contribution in [0.1, 0.15) is 26.9 Å². The molecule has 0 radical (unpaired) electrons. The van der Waals surface area contributed by atoms with Gasteiger partial charge in [0.2, 0.25) is 5.60 Å². The van der Waals surface area contributed by atoms with Crippen molar-refractivity contribution in [2.24, 2.45) is 0 Å². The summed E-state index contributed by atoms with van der Waals surface area (Å²) in [5.74, 6) is -3.53. The van der Waals surface area contributed by atoms with Crippen molar-refractivity contribution in [1.82, 2.24) is 9.13 Å². The van der Waals surface area contributed by atoms with Crippen LogP contribution in [-0.2, 0) is 19.0 Å². The maximum Gasteiger partial charge on any atom is 0.342 e. The van der Waals surface area contributed by atoms with Crippen LogP contribution in [0.15, 0.2) is 82.5 Å². The molecule has 0 spiro atoms. The summed E-state index contributed by atoms with van der Waals surface area (Å²) in [5, 5.41) is 20.0.